The van der Waals surface area contributed by atoms with Crippen LogP contribution in [0.4, 0.5) is 22.7 Å². The summed E-state index contributed by atoms with van der Waals surface area (Å²) in [5.41, 5.74) is 13.3. The van der Waals surface area contributed by atoms with Crippen LogP contribution in [0, 0.1) is 29.6 Å². The minimum atomic E-state index is 0.518. The number of rotatable bonds is 6. The maximum absolute atomic E-state index is 9.63. The van der Waals surface area contributed by atoms with Crippen molar-refractivity contribution in [2.45, 2.75) is 26.7 Å². The van der Waals surface area contributed by atoms with E-state index in [0.717, 1.165) is 46.7 Å². The van der Waals surface area contributed by atoms with E-state index in [2.05, 4.69) is 126 Å². The van der Waals surface area contributed by atoms with Crippen molar-refractivity contribution < 1.29 is 0 Å². The Labute approximate surface area is 274 Å². The first kappa shape index (κ1) is 28.2. The highest BCUT2D eigenvalue weighted by atomic mass is 15.2. The molecule has 4 heteroatoms. The fourth-order valence-corrected chi connectivity index (χ4v) is 6.90. The fourth-order valence-electron chi connectivity index (χ4n) is 6.90. The quantitative estimate of drug-likeness (QED) is 0.141. The molecule has 0 unspecified atom stereocenters. The maximum Gasteiger partial charge on any atom is 0.108 e. The highest BCUT2D eigenvalue weighted by Gasteiger charge is 2.23. The van der Waals surface area contributed by atoms with Crippen molar-refractivity contribution in [1.82, 2.24) is 0 Å². The second kappa shape index (κ2) is 11.2. The predicted molar refractivity (Wildman–Crippen MR) is 193 cm³/mol. The zero-order valence-corrected chi connectivity index (χ0v) is 26.3. The summed E-state index contributed by atoms with van der Waals surface area (Å²) in [6.45, 7) is 4.27. The Hall–Kier alpha value is -6.32. The van der Waals surface area contributed by atoms with Gasteiger partial charge in [-0.05, 0) is 115 Å². The maximum atomic E-state index is 9.63. The molecule has 0 heterocycles. The van der Waals surface area contributed by atoms with E-state index < -0.39 is 0 Å². The van der Waals surface area contributed by atoms with Crippen LogP contribution in [0.3, 0.4) is 0 Å². The second-order valence-corrected chi connectivity index (χ2v) is 12.3. The van der Waals surface area contributed by atoms with Gasteiger partial charge in [-0.25, -0.2) is 0 Å². The van der Waals surface area contributed by atoms with Gasteiger partial charge in [-0.15, -0.1) is 0 Å². The molecule has 4 nitrogen and oxygen atoms in total. The summed E-state index contributed by atoms with van der Waals surface area (Å²) < 4.78 is 0. The molecule has 0 radical (unpaired) electrons. The number of nitrogens with zero attached hydrogens (tertiary/aromatic N) is 4. The average molecular weight is 603 g/mol. The van der Waals surface area contributed by atoms with Crippen LogP contribution in [-0.4, -0.2) is 0 Å². The molecule has 0 spiro atoms. The summed E-state index contributed by atoms with van der Waals surface area (Å²) in [6.07, 6.45) is 10.2. The molecular formula is C43H30N4. The van der Waals surface area contributed by atoms with Crippen LogP contribution in [0.25, 0.3) is 32.3 Å². The third kappa shape index (κ3) is 4.77. The van der Waals surface area contributed by atoms with Crippen LogP contribution in [0.2, 0.25) is 0 Å². The molecule has 0 saturated carbocycles. The number of hydrogen-bond donors (Lipinski definition) is 0. The molecule has 0 fully saturated rings. The molecule has 8 rings (SSSR count). The van der Waals surface area contributed by atoms with Gasteiger partial charge in [0.2, 0.25) is 0 Å². The Kier molecular flexibility index (Phi) is 6.74. The third-order valence-electron chi connectivity index (χ3n) is 9.30. The molecular weight excluding hydrogens is 573 g/mol. The number of anilines is 4. The van der Waals surface area contributed by atoms with E-state index in [9.17, 15) is 10.5 Å². The van der Waals surface area contributed by atoms with Gasteiger partial charge in [0.25, 0.3) is 0 Å². The molecule has 0 aromatic heterocycles. The molecule has 6 aromatic rings. The number of benzene rings is 6. The average Bonchev–Trinajstić information content (AvgIpc) is 3.59. The van der Waals surface area contributed by atoms with Gasteiger partial charge in [-0.3, -0.25) is 0 Å². The molecule has 2 aliphatic carbocycles. The fraction of sp³-hybridized carbons (Fsp3) is 0.0930. The lowest BCUT2D eigenvalue weighted by Gasteiger charge is -2.31. The van der Waals surface area contributed by atoms with Crippen LogP contribution in [0.1, 0.15) is 30.9 Å². The summed E-state index contributed by atoms with van der Waals surface area (Å²) in [6, 6.07) is 38.7. The van der Waals surface area contributed by atoms with E-state index in [1.807, 2.05) is 36.4 Å². The van der Waals surface area contributed by atoms with Crippen molar-refractivity contribution in [3.63, 3.8) is 0 Å². The van der Waals surface area contributed by atoms with Gasteiger partial charge in [0.15, 0.2) is 0 Å². The first-order valence-corrected chi connectivity index (χ1v) is 15.9. The topological polar surface area (TPSA) is 54.1 Å². The van der Waals surface area contributed by atoms with Crippen LogP contribution >= 0.6 is 0 Å². The lowest BCUT2D eigenvalue weighted by Crippen LogP contribution is -2.18. The monoisotopic (exact) mass is 602 g/mol. The second-order valence-electron chi connectivity index (χ2n) is 12.3. The standard InChI is InChI=1S/C43H30N4/c1-28-3-14-34(15-4-28)46(36-18-7-30(26-44)8-19-36)40-23-12-32-11-22-39-41(24-13-33-10-21-38(40)42(32)43(33)39)47(35-16-5-29(2)6-17-35)37-20-9-31(25-37)27-45/h3,5-14,16-24H,4,15H2,1-2H3. The molecule has 0 amide bonds. The summed E-state index contributed by atoms with van der Waals surface area (Å²) in [5, 5.41) is 26.2. The van der Waals surface area contributed by atoms with E-state index in [1.54, 1.807) is 0 Å². The third-order valence-corrected chi connectivity index (χ3v) is 9.30. The van der Waals surface area contributed by atoms with Crippen LogP contribution in [-0.2, 0) is 0 Å². The Morgan fingerprint density at radius 2 is 1.19 bits per heavy atom. The van der Waals surface area contributed by atoms with E-state index in [1.165, 1.54) is 43.8 Å². The lowest BCUT2D eigenvalue weighted by molar-refractivity contribution is 0.876. The van der Waals surface area contributed by atoms with E-state index in [0.29, 0.717) is 11.1 Å². The molecule has 0 saturated heterocycles. The molecule has 0 aliphatic heterocycles. The minimum absolute atomic E-state index is 0.518. The highest BCUT2D eigenvalue weighted by Crippen LogP contribution is 2.46. The Morgan fingerprint density at radius 1 is 0.596 bits per heavy atom. The smallest absolute Gasteiger partial charge is 0.108 e. The largest absolute Gasteiger partial charge is 0.314 e. The first-order valence-electron chi connectivity index (χ1n) is 15.9. The molecule has 47 heavy (non-hydrogen) atoms. The summed E-state index contributed by atoms with van der Waals surface area (Å²) in [4.78, 5) is 4.56. The van der Waals surface area contributed by atoms with Crippen molar-refractivity contribution in [3.05, 3.63) is 161 Å². The zero-order chi connectivity index (χ0) is 32.1. The number of hydrogen-bond acceptors (Lipinski definition) is 4. The van der Waals surface area contributed by atoms with Gasteiger partial charge >= 0.3 is 0 Å². The Balaban J connectivity index is 1.39. The molecule has 6 aromatic carbocycles. The van der Waals surface area contributed by atoms with Crippen molar-refractivity contribution in [3.8, 4) is 12.1 Å². The first-order chi connectivity index (χ1) is 23.0. The zero-order valence-electron chi connectivity index (χ0n) is 26.3. The lowest BCUT2D eigenvalue weighted by atomic mass is 9.91. The summed E-state index contributed by atoms with van der Waals surface area (Å²) in [7, 11) is 0. The van der Waals surface area contributed by atoms with Crippen LogP contribution in [0.15, 0.2) is 150 Å². The van der Waals surface area contributed by atoms with E-state index in [4.69, 9.17) is 0 Å². The van der Waals surface area contributed by atoms with E-state index in [-0.39, 0.29) is 0 Å². The predicted octanol–water partition coefficient (Wildman–Crippen LogP) is 11.2. The molecule has 2 aliphatic rings. The van der Waals surface area contributed by atoms with Crippen molar-refractivity contribution >= 4 is 55.1 Å². The molecule has 0 bridgehead atoms. The molecule has 222 valence electrons. The Morgan fingerprint density at radius 3 is 1.77 bits per heavy atom. The van der Waals surface area contributed by atoms with Gasteiger partial charge in [0, 0.05) is 27.8 Å². The van der Waals surface area contributed by atoms with Gasteiger partial charge < -0.3 is 9.80 Å². The molecule has 0 N–H and O–H groups in total. The number of allylic oxidation sites excluding steroid dienone is 6. The highest BCUT2D eigenvalue weighted by molar-refractivity contribution is 6.27. The normalized spacial score (nSPS) is 14.0. The van der Waals surface area contributed by atoms with E-state index >= 15 is 0 Å². The van der Waals surface area contributed by atoms with Crippen molar-refractivity contribution in [2.75, 3.05) is 9.80 Å². The van der Waals surface area contributed by atoms with Gasteiger partial charge in [0.1, 0.15) is 6.07 Å². The van der Waals surface area contributed by atoms with Crippen LogP contribution < -0.4 is 9.80 Å². The SMILES string of the molecule is CC1=CC=C(N(c2ccc(C#N)cc2)c2ccc3ccc4c(N(C5=C=C(C#N)C=C5)c5ccc(C)cc5)ccc5ccc2c3c54)CC1. The summed E-state index contributed by atoms with van der Waals surface area (Å²) in [5.74, 6) is 0. The number of nitriles is 2. The van der Waals surface area contributed by atoms with Gasteiger partial charge in [-0.1, -0.05) is 71.5 Å². The summed E-state index contributed by atoms with van der Waals surface area (Å²) >= 11 is 0. The number of aryl methyl sites for hydroxylation is 1. The Bertz CT molecular complexity index is 2470. The van der Waals surface area contributed by atoms with Crippen molar-refractivity contribution in [2.24, 2.45) is 0 Å². The van der Waals surface area contributed by atoms with Crippen molar-refractivity contribution in [1.29, 1.82) is 10.5 Å². The van der Waals surface area contributed by atoms with Gasteiger partial charge in [-0.2, -0.15) is 10.5 Å². The van der Waals surface area contributed by atoms with Crippen LogP contribution in [0.5, 0.6) is 0 Å². The molecule has 0 atom stereocenters. The minimum Gasteiger partial charge on any atom is -0.314 e. The van der Waals surface area contributed by atoms with Gasteiger partial charge in [0.05, 0.1) is 34.3 Å².